The summed E-state index contributed by atoms with van der Waals surface area (Å²) < 4.78 is 3.07. The Kier molecular flexibility index (Phi) is 3.53. The number of hydrogen-bond acceptors (Lipinski definition) is 1. The first kappa shape index (κ1) is 5.82. The van der Waals surface area contributed by atoms with Crippen molar-refractivity contribution in [2.24, 2.45) is 0 Å². The van der Waals surface area contributed by atoms with Crippen LogP contribution < -0.4 is 4.17 Å². The van der Waals surface area contributed by atoms with Crippen molar-refractivity contribution in [2.75, 3.05) is 0 Å². The van der Waals surface area contributed by atoms with Gasteiger partial charge in [0.25, 0.3) is 0 Å². The molecular weight excluding hydrogens is 141 g/mol. The van der Waals surface area contributed by atoms with Gasteiger partial charge in [-0.25, -0.2) is 0 Å². The maximum absolute atomic E-state index is 4.43. The Morgan fingerprint density at radius 1 is 2.00 bits per heavy atom. The van der Waals surface area contributed by atoms with Crippen LogP contribution in [0.5, 0.6) is 0 Å². The molecule has 0 aromatic rings. The summed E-state index contributed by atoms with van der Waals surface area (Å²) in [7, 11) is 0. The van der Waals surface area contributed by atoms with Crippen molar-refractivity contribution in [3.63, 3.8) is 0 Å². The molecule has 0 radical (unpaired) electrons. The molecule has 0 fully saturated rings. The van der Waals surface area contributed by atoms with Gasteiger partial charge in [-0.15, -0.1) is 0 Å². The van der Waals surface area contributed by atoms with Gasteiger partial charge >= 0.3 is 51.0 Å². The average molecular weight is 143 g/mol. The molecule has 1 N–H and O–H groups in total. The molecule has 0 aliphatic rings. The monoisotopic (exact) mass is 143 g/mol. The molecular formula is CH2NS2V. The van der Waals surface area contributed by atoms with Crippen LogP contribution in [0.4, 0.5) is 0 Å². The fourth-order valence-electron chi connectivity index (χ4n) is 0. The first-order valence-electron chi connectivity index (χ1n) is 0.901. The summed E-state index contributed by atoms with van der Waals surface area (Å²) in [6, 6.07) is 0. The summed E-state index contributed by atoms with van der Waals surface area (Å²) in [5.41, 5.74) is 0. The Morgan fingerprint density at radius 2 is 2.20 bits per heavy atom. The van der Waals surface area contributed by atoms with Crippen molar-refractivity contribution in [2.45, 2.75) is 0 Å². The summed E-state index contributed by atoms with van der Waals surface area (Å²) in [5.74, 6) is 0. The van der Waals surface area contributed by atoms with E-state index in [1.54, 1.807) is 0 Å². The van der Waals surface area contributed by atoms with Gasteiger partial charge in [0.1, 0.15) is 0 Å². The summed E-state index contributed by atoms with van der Waals surface area (Å²) in [4.78, 5) is 0. The molecule has 0 rings (SSSR count). The Bertz CT molecular complexity index is 44.9. The van der Waals surface area contributed by atoms with E-state index >= 15 is 0 Å². The van der Waals surface area contributed by atoms with E-state index in [-0.39, 0.29) is 0 Å². The van der Waals surface area contributed by atoms with Crippen LogP contribution in [0.2, 0.25) is 0 Å². The fraction of sp³-hybridized carbons (Fsp3) is 0. The molecule has 5 heavy (non-hydrogen) atoms. The van der Waals surface area contributed by atoms with E-state index in [1.807, 2.05) is 0 Å². The topological polar surface area (TPSA) is 12.0 Å². The van der Waals surface area contributed by atoms with E-state index in [0.29, 0.717) is 4.32 Å². The molecule has 0 saturated heterocycles. The van der Waals surface area contributed by atoms with E-state index < -0.39 is 0 Å². The predicted octanol–water partition coefficient (Wildman–Crippen LogP) is 0.253. The number of hydrogen-bond donors (Lipinski definition) is 2. The fourth-order valence-corrected chi connectivity index (χ4v) is 0. The van der Waals surface area contributed by atoms with Gasteiger partial charge in [-0.1, -0.05) is 0 Å². The van der Waals surface area contributed by atoms with E-state index in [9.17, 15) is 0 Å². The van der Waals surface area contributed by atoms with E-state index in [2.05, 4.69) is 46.7 Å². The number of thiocarbonyl (C=S) groups is 1. The molecule has 28 valence electrons. The Labute approximate surface area is 51.1 Å². The number of nitrogens with one attached hydrogen (secondary N) is 1. The van der Waals surface area contributed by atoms with Gasteiger partial charge in [-0.2, -0.15) is 0 Å². The average Bonchev–Trinajstić information content (AvgIpc) is 1.38. The molecule has 0 heterocycles. The molecule has 4 heteroatoms. The van der Waals surface area contributed by atoms with Crippen LogP contribution in [0.25, 0.3) is 0 Å². The van der Waals surface area contributed by atoms with Gasteiger partial charge in [-0.05, 0) is 0 Å². The zero-order valence-corrected chi connectivity index (χ0v) is 5.41. The van der Waals surface area contributed by atoms with Crippen molar-refractivity contribution in [3.05, 3.63) is 0 Å². The molecule has 1 nitrogen and oxygen atoms in total. The first-order chi connectivity index (χ1) is 2.27. The van der Waals surface area contributed by atoms with Crippen molar-refractivity contribution in [1.82, 2.24) is 4.17 Å². The normalized spacial score (nSPS) is 6.60. The molecule has 0 aromatic carbocycles. The molecule has 0 atom stereocenters. The maximum atomic E-state index is 4.43. The minimum atomic E-state index is 0.505. The van der Waals surface area contributed by atoms with Crippen LogP contribution in [-0.4, -0.2) is 4.32 Å². The van der Waals surface area contributed by atoms with Crippen molar-refractivity contribution in [3.8, 4) is 0 Å². The van der Waals surface area contributed by atoms with Crippen LogP contribution in [0.15, 0.2) is 0 Å². The van der Waals surface area contributed by atoms with Gasteiger partial charge in [0.05, 0.1) is 0 Å². The van der Waals surface area contributed by atoms with E-state index in [4.69, 9.17) is 0 Å². The first-order valence-corrected chi connectivity index (χ1v) is 2.46. The van der Waals surface area contributed by atoms with Crippen molar-refractivity contribution < 1.29 is 17.7 Å². The summed E-state index contributed by atoms with van der Waals surface area (Å²) in [6.07, 6.45) is 0. The second-order valence-corrected chi connectivity index (χ2v) is 1.92. The second-order valence-electron chi connectivity index (χ2n) is 0.417. The molecule has 0 aromatic heterocycles. The number of rotatable bonds is 0. The molecule has 0 spiro atoms. The van der Waals surface area contributed by atoms with Crippen LogP contribution in [0.1, 0.15) is 0 Å². The van der Waals surface area contributed by atoms with Crippen LogP contribution in [0, 0.1) is 0 Å². The Balaban J connectivity index is 2.85. The van der Waals surface area contributed by atoms with Crippen LogP contribution in [-0.2, 0) is 17.7 Å². The van der Waals surface area contributed by atoms with Crippen molar-refractivity contribution in [1.29, 1.82) is 0 Å². The second kappa shape index (κ2) is 3.03. The van der Waals surface area contributed by atoms with Gasteiger partial charge in [0.15, 0.2) is 0 Å². The molecule has 0 unspecified atom stereocenters. The predicted molar refractivity (Wildman–Crippen MR) is 24.7 cm³/mol. The molecule has 0 aliphatic heterocycles. The molecule has 0 aliphatic carbocycles. The molecule has 0 saturated carbocycles. The third kappa shape index (κ3) is 4.82. The van der Waals surface area contributed by atoms with Gasteiger partial charge < -0.3 is 0 Å². The van der Waals surface area contributed by atoms with Crippen LogP contribution >= 0.6 is 24.8 Å². The standard InChI is InChI=1S/CH3NS2.V/c2-1(3)4;/h(H3,2,3,4);/q;+1/p-1. The number of thiol groups is 1. The zero-order valence-electron chi connectivity index (χ0n) is 2.30. The zero-order chi connectivity index (χ0) is 4.28. The molecule has 0 bridgehead atoms. The van der Waals surface area contributed by atoms with Gasteiger partial charge in [-0.3, -0.25) is 0 Å². The van der Waals surface area contributed by atoms with Crippen LogP contribution in [0.3, 0.4) is 0 Å². The van der Waals surface area contributed by atoms with E-state index in [0.717, 1.165) is 0 Å². The van der Waals surface area contributed by atoms with Gasteiger partial charge in [0, 0.05) is 0 Å². The minimum absolute atomic E-state index is 0.505. The Morgan fingerprint density at radius 3 is 2.20 bits per heavy atom. The Hall–Kier alpha value is 0.824. The van der Waals surface area contributed by atoms with Crippen molar-refractivity contribution >= 4 is 29.2 Å². The van der Waals surface area contributed by atoms with E-state index in [1.165, 1.54) is 0 Å². The SMILES string of the molecule is S=C(S)[NH][V]. The summed E-state index contributed by atoms with van der Waals surface area (Å²) in [5, 5.41) is 0. The third-order valence-corrected chi connectivity index (χ3v) is 1.18. The summed E-state index contributed by atoms with van der Waals surface area (Å²) in [6.45, 7) is 0. The summed E-state index contributed by atoms with van der Waals surface area (Å²) >= 11 is 10.2. The third-order valence-electron chi connectivity index (χ3n) is 0.0956. The van der Waals surface area contributed by atoms with Gasteiger partial charge in [0.2, 0.25) is 0 Å². The molecule has 0 amide bonds. The quantitative estimate of drug-likeness (QED) is 0.372.